The van der Waals surface area contributed by atoms with Crippen LogP contribution in [-0.2, 0) is 4.74 Å². The highest BCUT2D eigenvalue weighted by atomic mass is 16.5. The smallest absolute Gasteiger partial charge is 0.0506 e. The molecule has 0 aromatic carbocycles. The van der Waals surface area contributed by atoms with Crippen LogP contribution in [0.15, 0.2) is 24.8 Å². The zero-order valence-electron chi connectivity index (χ0n) is 10.5. The quantitative estimate of drug-likeness (QED) is 0.307. The molecule has 90 valence electrons. The van der Waals surface area contributed by atoms with Gasteiger partial charge in [0.15, 0.2) is 0 Å². The lowest BCUT2D eigenvalue weighted by atomic mass is 10.0. The first-order valence-corrected chi connectivity index (χ1v) is 6.08. The molecule has 0 spiro atoms. The Kier molecular flexibility index (Phi) is 11.3. The molecule has 0 aromatic heterocycles. The minimum Gasteiger partial charge on any atom is -0.381 e. The molecule has 0 heterocycles. The molecule has 1 heteroatoms. The summed E-state index contributed by atoms with van der Waals surface area (Å²) in [6.45, 7) is 7.39. The fourth-order valence-electron chi connectivity index (χ4n) is 1.50. The van der Waals surface area contributed by atoms with E-state index in [1.807, 2.05) is 6.08 Å². The summed E-state index contributed by atoms with van der Waals surface area (Å²) in [4.78, 5) is 0. The second-order valence-corrected chi connectivity index (χ2v) is 3.94. The predicted octanol–water partition coefficient (Wildman–Crippen LogP) is 3.97. The first kappa shape index (κ1) is 15.0. The highest BCUT2D eigenvalue weighted by Gasteiger charge is 2.04. The number of allylic oxidation sites excluding steroid dienone is 3. The van der Waals surface area contributed by atoms with E-state index in [2.05, 4.69) is 31.6 Å². The summed E-state index contributed by atoms with van der Waals surface area (Å²) in [6.07, 6.45) is 16.7. The molecular formula is C15H24O. The van der Waals surface area contributed by atoms with Crippen LogP contribution in [0.1, 0.15) is 39.0 Å². The predicted molar refractivity (Wildman–Crippen MR) is 71.2 cm³/mol. The first-order chi connectivity index (χ1) is 7.85. The van der Waals surface area contributed by atoms with E-state index >= 15 is 0 Å². The lowest BCUT2D eigenvalue weighted by Gasteiger charge is -2.12. The Bertz CT molecular complexity index is 222. The van der Waals surface area contributed by atoms with Gasteiger partial charge >= 0.3 is 0 Å². The van der Waals surface area contributed by atoms with Crippen molar-refractivity contribution >= 4 is 0 Å². The summed E-state index contributed by atoms with van der Waals surface area (Å²) in [5.41, 5.74) is 0. The van der Waals surface area contributed by atoms with Crippen molar-refractivity contribution in [3.05, 3.63) is 24.8 Å². The third kappa shape index (κ3) is 9.55. The van der Waals surface area contributed by atoms with Crippen LogP contribution in [0.4, 0.5) is 0 Å². The first-order valence-electron chi connectivity index (χ1n) is 6.08. The average Bonchev–Trinajstić information content (AvgIpc) is 2.28. The summed E-state index contributed by atoms with van der Waals surface area (Å²) < 4.78 is 5.61. The van der Waals surface area contributed by atoms with Gasteiger partial charge in [-0.1, -0.05) is 18.2 Å². The number of rotatable bonds is 10. The van der Waals surface area contributed by atoms with Crippen molar-refractivity contribution in [2.24, 2.45) is 5.92 Å². The Labute approximate surface area is 101 Å². The molecule has 0 rings (SSSR count). The molecule has 0 aliphatic rings. The summed E-state index contributed by atoms with van der Waals surface area (Å²) in [5.74, 6) is 3.13. The lowest BCUT2D eigenvalue weighted by Crippen LogP contribution is -2.09. The van der Waals surface area contributed by atoms with E-state index in [1.165, 1.54) is 6.42 Å². The Balaban J connectivity index is 3.40. The van der Waals surface area contributed by atoms with Gasteiger partial charge in [0.1, 0.15) is 0 Å². The molecule has 0 N–H and O–H groups in total. The van der Waals surface area contributed by atoms with Crippen LogP contribution < -0.4 is 0 Å². The molecule has 0 fully saturated rings. The van der Waals surface area contributed by atoms with Gasteiger partial charge in [0, 0.05) is 13.0 Å². The summed E-state index contributed by atoms with van der Waals surface area (Å²) in [6, 6.07) is 0. The number of hydrogen-bond acceptors (Lipinski definition) is 1. The second-order valence-electron chi connectivity index (χ2n) is 3.94. The monoisotopic (exact) mass is 220 g/mol. The summed E-state index contributed by atoms with van der Waals surface area (Å²) in [5, 5.41) is 0. The van der Waals surface area contributed by atoms with Crippen LogP contribution in [-0.4, -0.2) is 13.2 Å². The largest absolute Gasteiger partial charge is 0.381 e. The van der Waals surface area contributed by atoms with Crippen molar-refractivity contribution in [3.8, 4) is 12.3 Å². The standard InChI is InChI=1S/C15H24O/c1-4-7-8-9-10-13-16-14-15(11-5-2)12-6-3/h2,4,6-7,15H,3,8-14H2,1H3/b7-4-. The minimum absolute atomic E-state index is 0.443. The maximum Gasteiger partial charge on any atom is 0.0506 e. The molecule has 0 aromatic rings. The third-order valence-corrected chi connectivity index (χ3v) is 2.41. The minimum atomic E-state index is 0.443. The van der Waals surface area contributed by atoms with Crippen molar-refractivity contribution in [2.75, 3.05) is 13.2 Å². The highest BCUT2D eigenvalue weighted by molar-refractivity contribution is 4.89. The zero-order valence-corrected chi connectivity index (χ0v) is 10.5. The van der Waals surface area contributed by atoms with E-state index < -0.39 is 0 Å². The van der Waals surface area contributed by atoms with Crippen LogP contribution in [0.3, 0.4) is 0 Å². The molecule has 1 unspecified atom stereocenters. The second kappa shape index (κ2) is 12.1. The van der Waals surface area contributed by atoms with Gasteiger partial charge in [-0.2, -0.15) is 0 Å². The van der Waals surface area contributed by atoms with Crippen molar-refractivity contribution in [1.82, 2.24) is 0 Å². The SMILES string of the molecule is C#CCC(CC=C)COCCCC/C=C\C. The van der Waals surface area contributed by atoms with Crippen LogP contribution in [0.5, 0.6) is 0 Å². The highest BCUT2D eigenvalue weighted by Crippen LogP contribution is 2.09. The van der Waals surface area contributed by atoms with Crippen molar-refractivity contribution < 1.29 is 4.74 Å². The van der Waals surface area contributed by atoms with E-state index in [4.69, 9.17) is 11.2 Å². The number of terminal acetylenes is 1. The van der Waals surface area contributed by atoms with Crippen molar-refractivity contribution in [3.63, 3.8) is 0 Å². The summed E-state index contributed by atoms with van der Waals surface area (Å²) >= 11 is 0. The zero-order chi connectivity index (χ0) is 12.1. The van der Waals surface area contributed by atoms with E-state index in [0.29, 0.717) is 5.92 Å². The number of ether oxygens (including phenoxy) is 1. The van der Waals surface area contributed by atoms with Gasteiger partial charge in [-0.15, -0.1) is 18.9 Å². The van der Waals surface area contributed by atoms with E-state index in [-0.39, 0.29) is 0 Å². The van der Waals surface area contributed by atoms with Gasteiger partial charge < -0.3 is 4.74 Å². The summed E-state index contributed by atoms with van der Waals surface area (Å²) in [7, 11) is 0. The molecule has 0 saturated carbocycles. The van der Waals surface area contributed by atoms with E-state index in [9.17, 15) is 0 Å². The third-order valence-electron chi connectivity index (χ3n) is 2.41. The van der Waals surface area contributed by atoms with Gasteiger partial charge in [0.05, 0.1) is 6.61 Å². The number of hydrogen-bond donors (Lipinski definition) is 0. The molecule has 1 nitrogen and oxygen atoms in total. The van der Waals surface area contributed by atoms with E-state index in [0.717, 1.165) is 38.9 Å². The fourth-order valence-corrected chi connectivity index (χ4v) is 1.50. The Morgan fingerprint density at radius 1 is 1.44 bits per heavy atom. The fraction of sp³-hybridized carbons (Fsp3) is 0.600. The molecule has 16 heavy (non-hydrogen) atoms. The molecule has 0 aliphatic carbocycles. The normalized spacial score (nSPS) is 12.5. The van der Waals surface area contributed by atoms with Crippen LogP contribution in [0.25, 0.3) is 0 Å². The van der Waals surface area contributed by atoms with Crippen molar-refractivity contribution in [2.45, 2.75) is 39.0 Å². The van der Waals surface area contributed by atoms with Crippen molar-refractivity contribution in [1.29, 1.82) is 0 Å². The molecule has 0 saturated heterocycles. The lowest BCUT2D eigenvalue weighted by molar-refractivity contribution is 0.0986. The van der Waals surface area contributed by atoms with Gasteiger partial charge in [-0.25, -0.2) is 0 Å². The molecule has 1 atom stereocenters. The average molecular weight is 220 g/mol. The topological polar surface area (TPSA) is 9.23 Å². The maximum absolute atomic E-state index is 5.61. The van der Waals surface area contributed by atoms with Gasteiger partial charge in [0.25, 0.3) is 0 Å². The van der Waals surface area contributed by atoms with Gasteiger partial charge in [-0.3, -0.25) is 0 Å². The van der Waals surface area contributed by atoms with Gasteiger partial charge in [-0.05, 0) is 38.5 Å². The van der Waals surface area contributed by atoms with Crippen LogP contribution in [0, 0.1) is 18.3 Å². The Hall–Kier alpha value is -1.00. The molecule has 0 amide bonds. The molecular weight excluding hydrogens is 196 g/mol. The van der Waals surface area contributed by atoms with Crippen LogP contribution >= 0.6 is 0 Å². The molecule has 0 radical (unpaired) electrons. The molecule has 0 bridgehead atoms. The maximum atomic E-state index is 5.61. The Morgan fingerprint density at radius 2 is 2.25 bits per heavy atom. The van der Waals surface area contributed by atoms with Crippen LogP contribution in [0.2, 0.25) is 0 Å². The molecule has 0 aliphatic heterocycles. The van der Waals surface area contributed by atoms with Gasteiger partial charge in [0.2, 0.25) is 0 Å². The Morgan fingerprint density at radius 3 is 2.88 bits per heavy atom. The van der Waals surface area contributed by atoms with E-state index in [1.54, 1.807) is 0 Å². The number of unbranched alkanes of at least 4 members (excludes halogenated alkanes) is 2.